The second-order valence-electron chi connectivity index (χ2n) is 3.13. The van der Waals surface area contributed by atoms with Gasteiger partial charge in [0.05, 0.1) is 5.69 Å². The minimum Gasteiger partial charge on any atom is -0.211 e. The molecule has 0 heterocycles. The lowest BCUT2D eigenvalue weighted by Crippen LogP contribution is -1.78. The molecule has 72 valence electrons. The fourth-order valence-corrected chi connectivity index (χ4v) is 1.66. The van der Waals surface area contributed by atoms with Crippen LogP contribution in [0.15, 0.2) is 48.0 Å². The van der Waals surface area contributed by atoms with Gasteiger partial charge in [0.1, 0.15) is 0 Å². The lowest BCUT2D eigenvalue weighted by molar-refractivity contribution is 0.565. The van der Waals surface area contributed by atoms with Crippen molar-refractivity contribution in [3.8, 4) is 0 Å². The van der Waals surface area contributed by atoms with E-state index in [1.165, 1.54) is 0 Å². The van der Waals surface area contributed by atoms with E-state index in [9.17, 15) is 4.79 Å². The molecule has 0 unspecified atom stereocenters. The Labute approximate surface area is 87.6 Å². The number of aliphatic imine (C=N–C) groups is 1. The zero-order chi connectivity index (χ0) is 10.7. The van der Waals surface area contributed by atoms with Crippen molar-refractivity contribution in [2.24, 2.45) is 4.99 Å². The molecule has 0 amide bonds. The Bertz CT molecular complexity index is 561. The average molecular weight is 195 g/mol. The first kappa shape index (κ1) is 9.38. The number of hydrogen-bond acceptors (Lipinski definition) is 2. The van der Waals surface area contributed by atoms with Crippen molar-refractivity contribution < 1.29 is 4.79 Å². The molecule has 15 heavy (non-hydrogen) atoms. The highest BCUT2D eigenvalue weighted by Crippen LogP contribution is 2.29. The highest BCUT2D eigenvalue weighted by Gasteiger charge is 2.02. The molecule has 0 atom stereocenters. The molecule has 2 nitrogen and oxygen atoms in total. The summed E-state index contributed by atoms with van der Waals surface area (Å²) in [5, 5.41) is 1.99. The third-order valence-corrected chi connectivity index (χ3v) is 2.30. The van der Waals surface area contributed by atoms with Crippen LogP contribution in [0, 0.1) is 0 Å². The van der Waals surface area contributed by atoms with E-state index < -0.39 is 0 Å². The van der Waals surface area contributed by atoms with Gasteiger partial charge in [-0.15, -0.1) is 0 Å². The number of hydrogen-bond donors (Lipinski definition) is 0. The number of nitrogens with zero attached hydrogens (tertiary/aromatic N) is 1. The van der Waals surface area contributed by atoms with E-state index in [2.05, 4.69) is 11.6 Å². The van der Waals surface area contributed by atoms with Crippen molar-refractivity contribution in [1.82, 2.24) is 0 Å². The molecule has 0 aliphatic carbocycles. The molecular formula is C13H9NO. The van der Waals surface area contributed by atoms with Gasteiger partial charge in [-0.05, 0) is 17.0 Å². The fraction of sp³-hybridized carbons (Fsp3) is 0. The Morgan fingerprint density at radius 3 is 2.60 bits per heavy atom. The molecule has 0 radical (unpaired) electrons. The van der Waals surface area contributed by atoms with Crippen molar-refractivity contribution in [3.63, 3.8) is 0 Å². The van der Waals surface area contributed by atoms with Crippen molar-refractivity contribution in [2.45, 2.75) is 0 Å². The lowest BCUT2D eigenvalue weighted by atomic mass is 10.0. The van der Waals surface area contributed by atoms with Crippen molar-refractivity contribution >= 4 is 28.6 Å². The molecule has 0 fully saturated rings. The first-order valence-corrected chi connectivity index (χ1v) is 4.59. The summed E-state index contributed by atoms with van der Waals surface area (Å²) >= 11 is 0. The van der Waals surface area contributed by atoms with Gasteiger partial charge in [-0.25, -0.2) is 4.79 Å². The monoisotopic (exact) mass is 195 g/mol. The summed E-state index contributed by atoms with van der Waals surface area (Å²) in [4.78, 5) is 14.0. The van der Waals surface area contributed by atoms with Crippen LogP contribution in [0.2, 0.25) is 0 Å². The maximum atomic E-state index is 10.3. The summed E-state index contributed by atoms with van der Waals surface area (Å²) in [6.07, 6.45) is 3.32. The molecule has 2 heteroatoms. The Morgan fingerprint density at radius 1 is 1.20 bits per heavy atom. The van der Waals surface area contributed by atoms with E-state index in [-0.39, 0.29) is 0 Å². The Morgan fingerprint density at radius 2 is 1.93 bits per heavy atom. The molecule has 0 saturated carbocycles. The van der Waals surface area contributed by atoms with Crippen LogP contribution in [0.5, 0.6) is 0 Å². The first-order valence-electron chi connectivity index (χ1n) is 4.59. The van der Waals surface area contributed by atoms with E-state index in [4.69, 9.17) is 0 Å². The van der Waals surface area contributed by atoms with Crippen LogP contribution in [0.1, 0.15) is 5.56 Å². The van der Waals surface area contributed by atoms with Crippen LogP contribution in [0.3, 0.4) is 0 Å². The average Bonchev–Trinajstić information content (AvgIpc) is 2.29. The second kappa shape index (κ2) is 3.91. The first-order chi connectivity index (χ1) is 7.36. The van der Waals surface area contributed by atoms with Crippen LogP contribution < -0.4 is 0 Å². The van der Waals surface area contributed by atoms with Gasteiger partial charge in [0.15, 0.2) is 0 Å². The molecule has 0 aliphatic heterocycles. The minimum absolute atomic E-state index is 0.637. The van der Waals surface area contributed by atoms with Gasteiger partial charge >= 0.3 is 0 Å². The largest absolute Gasteiger partial charge is 0.240 e. The van der Waals surface area contributed by atoms with E-state index in [0.717, 1.165) is 16.3 Å². The molecule has 0 aromatic heterocycles. The van der Waals surface area contributed by atoms with Crippen molar-refractivity contribution in [2.75, 3.05) is 0 Å². The highest BCUT2D eigenvalue weighted by molar-refractivity contribution is 5.99. The Hall–Kier alpha value is -2.18. The SMILES string of the molecule is C=Cc1cccc2cccc(N=C=O)c12. The third kappa shape index (κ3) is 1.58. The van der Waals surface area contributed by atoms with Gasteiger partial charge in [-0.2, -0.15) is 4.99 Å². The van der Waals surface area contributed by atoms with E-state index in [1.807, 2.05) is 30.3 Å². The summed E-state index contributed by atoms with van der Waals surface area (Å²) < 4.78 is 0. The number of carbonyl (C=O) groups excluding carboxylic acids is 1. The summed E-state index contributed by atoms with van der Waals surface area (Å²) in [6, 6.07) is 11.5. The normalized spacial score (nSPS) is 9.60. The van der Waals surface area contributed by atoms with Crippen LogP contribution in [-0.2, 0) is 4.79 Å². The topological polar surface area (TPSA) is 29.4 Å². The number of benzene rings is 2. The van der Waals surface area contributed by atoms with Crippen molar-refractivity contribution in [1.29, 1.82) is 0 Å². The zero-order valence-corrected chi connectivity index (χ0v) is 8.10. The summed E-state index contributed by atoms with van der Waals surface area (Å²) in [5.74, 6) is 0. The number of isocyanates is 1. The molecule has 0 aliphatic rings. The maximum absolute atomic E-state index is 10.3. The van der Waals surface area contributed by atoms with Gasteiger partial charge in [-0.3, -0.25) is 0 Å². The van der Waals surface area contributed by atoms with Crippen LogP contribution in [0.25, 0.3) is 16.8 Å². The highest BCUT2D eigenvalue weighted by atomic mass is 16.1. The molecule has 0 bridgehead atoms. The fourth-order valence-electron chi connectivity index (χ4n) is 1.66. The lowest BCUT2D eigenvalue weighted by Gasteiger charge is -2.03. The predicted molar refractivity (Wildman–Crippen MR) is 61.8 cm³/mol. The summed E-state index contributed by atoms with van der Waals surface area (Å²) in [6.45, 7) is 3.74. The van der Waals surface area contributed by atoms with Gasteiger partial charge in [0.2, 0.25) is 6.08 Å². The molecule has 2 aromatic rings. The van der Waals surface area contributed by atoms with Crippen LogP contribution >= 0.6 is 0 Å². The zero-order valence-electron chi connectivity index (χ0n) is 8.10. The summed E-state index contributed by atoms with van der Waals surface area (Å²) in [7, 11) is 0. The van der Waals surface area contributed by atoms with Gasteiger partial charge in [0, 0.05) is 5.39 Å². The van der Waals surface area contributed by atoms with Crippen LogP contribution in [-0.4, -0.2) is 6.08 Å². The molecule has 0 N–H and O–H groups in total. The Kier molecular flexibility index (Phi) is 2.44. The molecule has 0 spiro atoms. The molecule has 0 saturated heterocycles. The Balaban J connectivity index is 2.92. The summed E-state index contributed by atoms with van der Waals surface area (Å²) in [5.41, 5.74) is 1.61. The number of rotatable bonds is 2. The van der Waals surface area contributed by atoms with Crippen molar-refractivity contribution in [3.05, 3.63) is 48.5 Å². The van der Waals surface area contributed by atoms with E-state index >= 15 is 0 Å². The smallest absolute Gasteiger partial charge is 0.211 e. The predicted octanol–water partition coefficient (Wildman–Crippen LogP) is 3.45. The number of fused-ring (bicyclic) bond motifs is 1. The minimum atomic E-state index is 0.637. The van der Waals surface area contributed by atoms with Gasteiger partial charge < -0.3 is 0 Å². The van der Waals surface area contributed by atoms with Gasteiger partial charge in [0.25, 0.3) is 0 Å². The van der Waals surface area contributed by atoms with E-state index in [0.29, 0.717) is 5.69 Å². The maximum Gasteiger partial charge on any atom is 0.240 e. The molecule has 2 rings (SSSR count). The van der Waals surface area contributed by atoms with E-state index in [1.54, 1.807) is 18.2 Å². The molecular weight excluding hydrogens is 186 g/mol. The van der Waals surface area contributed by atoms with Gasteiger partial charge in [-0.1, -0.05) is 43.0 Å². The third-order valence-electron chi connectivity index (χ3n) is 2.30. The standard InChI is InChI=1S/C13H9NO/c1-2-10-5-3-6-11-7-4-8-12(13(10)11)14-9-15/h2-8H,1H2. The molecule has 2 aromatic carbocycles. The van der Waals surface area contributed by atoms with Crippen LogP contribution in [0.4, 0.5) is 5.69 Å². The quantitative estimate of drug-likeness (QED) is 0.533. The second-order valence-corrected chi connectivity index (χ2v) is 3.13.